The number of benzene rings is 1. The number of rotatable bonds is 5. The van der Waals surface area contributed by atoms with Gasteiger partial charge in [-0.2, -0.15) is 0 Å². The molecule has 0 heterocycles. The first-order valence-corrected chi connectivity index (χ1v) is 7.34. The number of anilines is 2. The van der Waals surface area contributed by atoms with Gasteiger partial charge in [0.1, 0.15) is 0 Å². The molecule has 0 atom stereocenters. The number of aliphatic hydroxyl groups excluding tert-OH is 1. The van der Waals surface area contributed by atoms with Crippen LogP contribution in [0.2, 0.25) is 0 Å². The van der Waals surface area contributed by atoms with E-state index in [0.717, 1.165) is 25.7 Å². The molecule has 116 valence electrons. The highest BCUT2D eigenvalue weighted by atomic mass is 16.6. The maximum Gasteiger partial charge on any atom is 0.273 e. The largest absolute Gasteiger partial charge is 0.394 e. The number of hydrogen-bond acceptors (Lipinski definition) is 5. The minimum absolute atomic E-state index is 0.0390. The predicted molar refractivity (Wildman–Crippen MR) is 83.7 cm³/mol. The van der Waals surface area contributed by atoms with Crippen LogP contribution in [0.4, 0.5) is 17.1 Å². The first-order chi connectivity index (χ1) is 9.98. The third kappa shape index (κ3) is 3.64. The van der Waals surface area contributed by atoms with Crippen molar-refractivity contribution in [3.63, 3.8) is 0 Å². The van der Waals surface area contributed by atoms with Crippen molar-refractivity contribution in [3.8, 4) is 0 Å². The Kier molecular flexibility index (Phi) is 4.67. The Hall–Kier alpha value is -1.82. The number of aliphatic hydroxyl groups is 1. The van der Waals surface area contributed by atoms with Gasteiger partial charge >= 0.3 is 0 Å². The smallest absolute Gasteiger partial charge is 0.273 e. The molecule has 1 aromatic carbocycles. The van der Waals surface area contributed by atoms with E-state index in [1.807, 2.05) is 6.07 Å². The van der Waals surface area contributed by atoms with E-state index in [1.54, 1.807) is 7.05 Å². The van der Waals surface area contributed by atoms with Crippen LogP contribution in [0.1, 0.15) is 32.6 Å². The Balaban J connectivity index is 2.24. The van der Waals surface area contributed by atoms with Crippen LogP contribution in [0.25, 0.3) is 0 Å². The summed E-state index contributed by atoms with van der Waals surface area (Å²) in [6.45, 7) is 2.26. The normalized spacial score (nSPS) is 25.4. The Labute approximate surface area is 124 Å². The lowest BCUT2D eigenvalue weighted by Crippen LogP contribution is -2.45. The van der Waals surface area contributed by atoms with Gasteiger partial charge in [-0.15, -0.1) is 0 Å². The van der Waals surface area contributed by atoms with E-state index < -0.39 is 4.92 Å². The van der Waals surface area contributed by atoms with Gasteiger partial charge in [0, 0.05) is 30.6 Å². The summed E-state index contributed by atoms with van der Waals surface area (Å²) in [5, 5.41) is 27.1. The van der Waals surface area contributed by atoms with Gasteiger partial charge in [0.25, 0.3) is 5.69 Å². The molecule has 21 heavy (non-hydrogen) atoms. The molecule has 1 aromatic rings. The molecule has 1 aliphatic carbocycles. The van der Waals surface area contributed by atoms with Crippen molar-refractivity contribution in [3.05, 3.63) is 28.3 Å². The number of nitro groups is 1. The Morgan fingerprint density at radius 2 is 1.95 bits per heavy atom. The molecule has 0 amide bonds. The SMILES string of the molecule is CNc1cc(NC2(CO)CCC(C)CC2)cc([N+](=O)[O-])c1. The molecule has 2 rings (SSSR count). The number of nitrogens with zero attached hydrogens (tertiary/aromatic N) is 1. The fourth-order valence-corrected chi connectivity index (χ4v) is 2.88. The van der Waals surface area contributed by atoms with Crippen LogP contribution in [-0.2, 0) is 0 Å². The first kappa shape index (κ1) is 15.6. The van der Waals surface area contributed by atoms with Gasteiger partial charge in [0.15, 0.2) is 0 Å². The highest BCUT2D eigenvalue weighted by Gasteiger charge is 2.33. The van der Waals surface area contributed by atoms with Crippen molar-refractivity contribution in [1.82, 2.24) is 0 Å². The third-order valence-electron chi connectivity index (χ3n) is 4.36. The van der Waals surface area contributed by atoms with Gasteiger partial charge in [-0.25, -0.2) is 0 Å². The Morgan fingerprint density at radius 3 is 2.48 bits per heavy atom. The Morgan fingerprint density at radius 1 is 1.33 bits per heavy atom. The van der Waals surface area contributed by atoms with E-state index in [2.05, 4.69) is 17.6 Å². The number of hydrogen-bond donors (Lipinski definition) is 3. The fraction of sp³-hybridized carbons (Fsp3) is 0.600. The molecule has 0 aromatic heterocycles. The van der Waals surface area contributed by atoms with Crippen LogP contribution in [0.15, 0.2) is 18.2 Å². The average molecular weight is 293 g/mol. The summed E-state index contributed by atoms with van der Waals surface area (Å²) >= 11 is 0. The summed E-state index contributed by atoms with van der Waals surface area (Å²) in [5.74, 6) is 0.671. The van der Waals surface area contributed by atoms with Gasteiger partial charge < -0.3 is 15.7 Å². The molecule has 6 heteroatoms. The van der Waals surface area contributed by atoms with Crippen molar-refractivity contribution in [2.24, 2.45) is 5.92 Å². The van der Waals surface area contributed by atoms with E-state index >= 15 is 0 Å². The molecule has 0 radical (unpaired) electrons. The lowest BCUT2D eigenvalue weighted by atomic mass is 9.77. The molecular formula is C15H23N3O3. The lowest BCUT2D eigenvalue weighted by molar-refractivity contribution is -0.384. The monoisotopic (exact) mass is 293 g/mol. The molecular weight excluding hydrogens is 270 g/mol. The zero-order valence-corrected chi connectivity index (χ0v) is 12.6. The van der Waals surface area contributed by atoms with E-state index in [4.69, 9.17) is 0 Å². The van der Waals surface area contributed by atoms with Gasteiger partial charge in [-0.1, -0.05) is 6.92 Å². The van der Waals surface area contributed by atoms with Crippen molar-refractivity contribution in [2.45, 2.75) is 38.1 Å². The quantitative estimate of drug-likeness (QED) is 0.574. The number of non-ortho nitro benzene ring substituents is 1. The molecule has 1 aliphatic rings. The van der Waals surface area contributed by atoms with Crippen LogP contribution in [0.5, 0.6) is 0 Å². The van der Waals surface area contributed by atoms with Crippen LogP contribution >= 0.6 is 0 Å². The molecule has 1 fully saturated rings. The number of nitrogens with one attached hydrogen (secondary N) is 2. The van der Waals surface area contributed by atoms with E-state index in [-0.39, 0.29) is 17.8 Å². The zero-order chi connectivity index (χ0) is 15.5. The summed E-state index contributed by atoms with van der Waals surface area (Å²) in [4.78, 5) is 10.6. The summed E-state index contributed by atoms with van der Waals surface area (Å²) in [5.41, 5.74) is 1.04. The summed E-state index contributed by atoms with van der Waals surface area (Å²) < 4.78 is 0. The second-order valence-corrected chi connectivity index (χ2v) is 6.02. The van der Waals surface area contributed by atoms with E-state index in [9.17, 15) is 15.2 Å². The molecule has 3 N–H and O–H groups in total. The molecule has 0 spiro atoms. The van der Waals surface area contributed by atoms with Gasteiger partial charge in [0.05, 0.1) is 17.1 Å². The zero-order valence-electron chi connectivity index (χ0n) is 12.6. The molecule has 0 saturated heterocycles. The standard InChI is InChI=1S/C15H23N3O3/c1-11-3-5-15(10-19,6-4-11)17-13-7-12(16-2)8-14(9-13)18(20)21/h7-9,11,16-17,19H,3-6,10H2,1-2H3. The molecule has 6 nitrogen and oxygen atoms in total. The predicted octanol–water partition coefficient (Wildman–Crippen LogP) is 2.99. The molecule has 0 aliphatic heterocycles. The van der Waals surface area contributed by atoms with Crippen LogP contribution in [0, 0.1) is 16.0 Å². The third-order valence-corrected chi connectivity index (χ3v) is 4.36. The van der Waals surface area contributed by atoms with Crippen molar-refractivity contribution < 1.29 is 10.0 Å². The topological polar surface area (TPSA) is 87.4 Å². The van der Waals surface area contributed by atoms with Crippen molar-refractivity contribution in [2.75, 3.05) is 24.3 Å². The number of nitro benzene ring substituents is 1. The maximum absolute atomic E-state index is 11.0. The van der Waals surface area contributed by atoms with Crippen molar-refractivity contribution >= 4 is 17.1 Å². The maximum atomic E-state index is 11.0. The highest BCUT2D eigenvalue weighted by Crippen LogP contribution is 2.35. The van der Waals surface area contributed by atoms with Gasteiger partial charge in [0.2, 0.25) is 0 Å². The van der Waals surface area contributed by atoms with Crippen LogP contribution in [-0.4, -0.2) is 29.2 Å². The first-order valence-electron chi connectivity index (χ1n) is 7.34. The summed E-state index contributed by atoms with van der Waals surface area (Å²) in [6, 6.07) is 4.86. The van der Waals surface area contributed by atoms with Gasteiger partial charge in [-0.3, -0.25) is 10.1 Å². The molecule has 0 unspecified atom stereocenters. The molecule has 0 bridgehead atoms. The lowest BCUT2D eigenvalue weighted by Gasteiger charge is -2.39. The Bertz CT molecular complexity index is 511. The minimum atomic E-state index is -0.402. The van der Waals surface area contributed by atoms with E-state index in [1.165, 1.54) is 12.1 Å². The average Bonchev–Trinajstić information content (AvgIpc) is 2.49. The second kappa shape index (κ2) is 6.30. The second-order valence-electron chi connectivity index (χ2n) is 6.02. The van der Waals surface area contributed by atoms with Crippen LogP contribution in [0.3, 0.4) is 0 Å². The van der Waals surface area contributed by atoms with Gasteiger partial charge in [-0.05, 0) is 37.7 Å². The van der Waals surface area contributed by atoms with E-state index in [0.29, 0.717) is 17.3 Å². The summed E-state index contributed by atoms with van der Waals surface area (Å²) in [7, 11) is 1.73. The summed E-state index contributed by atoms with van der Waals surface area (Å²) in [6.07, 6.45) is 3.87. The van der Waals surface area contributed by atoms with Crippen molar-refractivity contribution in [1.29, 1.82) is 0 Å². The van der Waals surface area contributed by atoms with Crippen LogP contribution < -0.4 is 10.6 Å². The minimum Gasteiger partial charge on any atom is -0.394 e. The highest BCUT2D eigenvalue weighted by molar-refractivity contribution is 5.64. The molecule has 1 saturated carbocycles. The fourth-order valence-electron chi connectivity index (χ4n) is 2.88.